The molecule has 0 saturated heterocycles. The summed E-state index contributed by atoms with van der Waals surface area (Å²) in [6.07, 6.45) is 3.12. The fourth-order valence-electron chi connectivity index (χ4n) is 4.70. The Hall–Kier alpha value is -2.07. The Morgan fingerprint density at radius 3 is 1.66 bits per heavy atom. The van der Waals surface area contributed by atoms with Crippen molar-refractivity contribution >= 4 is 89.1 Å². The van der Waals surface area contributed by atoms with Crippen LogP contribution in [0.25, 0.3) is 0 Å². The van der Waals surface area contributed by atoms with Crippen LogP contribution in [0, 0.1) is 5.41 Å². The molecule has 232 valence electrons. The summed E-state index contributed by atoms with van der Waals surface area (Å²) < 4.78 is 12.9. The summed E-state index contributed by atoms with van der Waals surface area (Å²) in [5.74, 6) is 2.62. The fraction of sp³-hybridized carbons (Fsp3) is 0.235. The zero-order valence-corrected chi connectivity index (χ0v) is 31.0. The molecule has 0 fully saturated rings. The minimum atomic E-state index is 0.369. The normalized spacial score (nSPS) is 10.5. The predicted molar refractivity (Wildman–Crippen MR) is 200 cm³/mol. The maximum atomic E-state index is 8.23. The highest BCUT2D eigenvalue weighted by atomic mass is 79.9. The van der Waals surface area contributed by atoms with Gasteiger partial charge >= 0.3 is 0 Å². The molecular formula is C34H34Br2Cl2N2O2S2. The van der Waals surface area contributed by atoms with Gasteiger partial charge in [-0.1, -0.05) is 98.5 Å². The maximum Gasteiger partial charge on any atom is 0.122 e. The predicted octanol–water partition coefficient (Wildman–Crippen LogP) is 10.5. The molecule has 0 heterocycles. The number of ether oxygens (including phenoxy) is 2. The van der Waals surface area contributed by atoms with E-state index in [0.717, 1.165) is 90.3 Å². The first-order chi connectivity index (χ1) is 21.1. The molecule has 4 nitrogen and oxygen atoms in total. The molecule has 0 aliphatic heterocycles. The van der Waals surface area contributed by atoms with Gasteiger partial charge in [-0.25, -0.2) is 0 Å². The van der Waals surface area contributed by atoms with Gasteiger partial charge in [0.25, 0.3) is 0 Å². The number of nitrogens with one attached hydrogen (secondary N) is 1. The number of benzene rings is 4. The van der Waals surface area contributed by atoms with Crippen LogP contribution < -0.4 is 15.2 Å². The highest BCUT2D eigenvalue weighted by Crippen LogP contribution is 2.30. The van der Waals surface area contributed by atoms with Crippen molar-refractivity contribution in [3.8, 4) is 11.5 Å². The van der Waals surface area contributed by atoms with Gasteiger partial charge in [0, 0.05) is 30.1 Å². The Labute approximate surface area is 296 Å². The Morgan fingerprint density at radius 2 is 1.23 bits per heavy atom. The minimum Gasteiger partial charge on any atom is -0.496 e. The van der Waals surface area contributed by atoms with Crippen LogP contribution in [-0.2, 0) is 25.7 Å². The van der Waals surface area contributed by atoms with Crippen molar-refractivity contribution < 1.29 is 9.47 Å². The summed E-state index contributed by atoms with van der Waals surface area (Å²) in [6.45, 7) is 2.05. The molecule has 0 aliphatic carbocycles. The van der Waals surface area contributed by atoms with Crippen LogP contribution >= 0.6 is 79.0 Å². The van der Waals surface area contributed by atoms with E-state index in [4.69, 9.17) is 56.0 Å². The topological polar surface area (TPSA) is 68.3 Å². The smallest absolute Gasteiger partial charge is 0.122 e. The molecule has 0 aliphatic rings. The van der Waals surface area contributed by atoms with Crippen LogP contribution in [0.4, 0.5) is 0 Å². The Kier molecular flexibility index (Phi) is 15.0. The second-order valence-corrected chi connectivity index (χ2v) is 13.9. The maximum absolute atomic E-state index is 8.23. The van der Waals surface area contributed by atoms with Gasteiger partial charge in [0.15, 0.2) is 0 Å². The van der Waals surface area contributed by atoms with Gasteiger partial charge in [0.05, 0.1) is 19.3 Å². The summed E-state index contributed by atoms with van der Waals surface area (Å²) in [5.41, 5.74) is 11.8. The van der Waals surface area contributed by atoms with Gasteiger partial charge in [0.1, 0.15) is 16.5 Å². The third-order valence-electron chi connectivity index (χ3n) is 6.81. The van der Waals surface area contributed by atoms with Crippen LogP contribution in [0.15, 0.2) is 81.7 Å². The van der Waals surface area contributed by atoms with Crippen molar-refractivity contribution in [1.29, 1.82) is 5.41 Å². The second-order valence-electron chi connectivity index (χ2n) is 9.57. The third-order valence-corrected chi connectivity index (χ3v) is 9.52. The van der Waals surface area contributed by atoms with Crippen molar-refractivity contribution in [1.82, 2.24) is 0 Å². The molecule has 4 rings (SSSR count). The molecule has 3 N–H and O–H groups in total. The fourth-order valence-corrected chi connectivity index (χ4v) is 6.88. The van der Waals surface area contributed by atoms with Crippen molar-refractivity contribution in [3.05, 3.63) is 125 Å². The average Bonchev–Trinajstić information content (AvgIpc) is 3.00. The Morgan fingerprint density at radius 1 is 0.773 bits per heavy atom. The van der Waals surface area contributed by atoms with E-state index >= 15 is 0 Å². The third kappa shape index (κ3) is 10.2. The van der Waals surface area contributed by atoms with Gasteiger partial charge in [-0.15, -0.1) is 11.8 Å². The molecule has 0 saturated carbocycles. The number of nitrogens with two attached hydrogens (primary N) is 1. The molecule has 10 heteroatoms. The number of halogens is 4. The minimum absolute atomic E-state index is 0.369. The van der Waals surface area contributed by atoms with Crippen molar-refractivity contribution in [2.75, 3.05) is 20.0 Å². The van der Waals surface area contributed by atoms with Crippen LogP contribution in [0.1, 0.15) is 40.3 Å². The summed E-state index contributed by atoms with van der Waals surface area (Å²) in [7, 11) is 3.35. The zero-order valence-electron chi connectivity index (χ0n) is 24.7. The first-order valence-electron chi connectivity index (χ1n) is 13.8. The number of hydrogen-bond donors (Lipinski definition) is 2. The summed E-state index contributed by atoms with van der Waals surface area (Å²) in [5, 5.41) is 10.2. The average molecular weight is 798 g/mol. The van der Waals surface area contributed by atoms with E-state index in [-0.39, 0.29) is 0 Å². The van der Waals surface area contributed by atoms with Crippen LogP contribution in [0.2, 0.25) is 10.0 Å². The van der Waals surface area contributed by atoms with E-state index in [1.807, 2.05) is 60.7 Å². The molecule has 0 bridgehead atoms. The molecule has 0 unspecified atom stereocenters. The Bertz CT molecular complexity index is 1620. The standard InChI is InChI=1S/C18H19BrClNOS.C16H15BrClNOS/c1-3-23-18(21)15-5-4-6-16(20)14(15)9-7-12-11-13(19)8-10-17(12)22-2;1-20-15-8-6-11(17)9-10(15)5-7-12-13(16(19)21)3-2-4-14(12)18/h4-6,8,10-11,21H,3,7,9H2,1-2H3;2-4,6,8-9H,5,7H2,1H3,(H2,19,21). The van der Waals surface area contributed by atoms with Crippen LogP contribution in [0.3, 0.4) is 0 Å². The Balaban J connectivity index is 0.000000241. The van der Waals surface area contributed by atoms with Gasteiger partial charge in [-0.3, -0.25) is 5.41 Å². The van der Waals surface area contributed by atoms with Crippen molar-refractivity contribution in [2.45, 2.75) is 32.6 Å². The van der Waals surface area contributed by atoms with Gasteiger partial charge in [0.2, 0.25) is 0 Å². The van der Waals surface area contributed by atoms with E-state index in [2.05, 4.69) is 50.9 Å². The number of aryl methyl sites for hydroxylation is 2. The lowest BCUT2D eigenvalue weighted by molar-refractivity contribution is 0.409. The number of thioether (sulfide) groups is 1. The summed E-state index contributed by atoms with van der Waals surface area (Å²) >= 11 is 26.3. The van der Waals surface area contributed by atoms with Crippen LogP contribution in [-0.4, -0.2) is 30.0 Å². The van der Waals surface area contributed by atoms with E-state index in [1.165, 1.54) is 11.8 Å². The van der Waals surface area contributed by atoms with Crippen molar-refractivity contribution in [2.24, 2.45) is 5.73 Å². The molecular weight excluding hydrogens is 763 g/mol. The quantitative estimate of drug-likeness (QED) is 0.0899. The van der Waals surface area contributed by atoms with Crippen LogP contribution in [0.5, 0.6) is 11.5 Å². The molecule has 0 spiro atoms. The lowest BCUT2D eigenvalue weighted by Crippen LogP contribution is -2.13. The number of methoxy groups -OCH3 is 2. The molecule has 44 heavy (non-hydrogen) atoms. The molecule has 0 aromatic heterocycles. The van der Waals surface area contributed by atoms with Crippen molar-refractivity contribution in [3.63, 3.8) is 0 Å². The molecule has 4 aromatic carbocycles. The summed E-state index contributed by atoms with van der Waals surface area (Å²) in [4.78, 5) is 0.369. The number of hydrogen-bond acceptors (Lipinski definition) is 5. The number of thiocarbonyl (C=S) groups is 1. The molecule has 0 amide bonds. The van der Waals surface area contributed by atoms with E-state index in [9.17, 15) is 0 Å². The van der Waals surface area contributed by atoms with E-state index < -0.39 is 0 Å². The molecule has 4 aromatic rings. The van der Waals surface area contributed by atoms with E-state index in [1.54, 1.807) is 14.2 Å². The number of rotatable bonds is 11. The lowest BCUT2D eigenvalue weighted by Gasteiger charge is -2.13. The van der Waals surface area contributed by atoms with Gasteiger partial charge < -0.3 is 15.2 Å². The first-order valence-corrected chi connectivity index (χ1v) is 17.5. The monoisotopic (exact) mass is 794 g/mol. The van der Waals surface area contributed by atoms with E-state index in [0.29, 0.717) is 15.1 Å². The highest BCUT2D eigenvalue weighted by Gasteiger charge is 2.14. The zero-order chi connectivity index (χ0) is 32.2. The largest absolute Gasteiger partial charge is 0.496 e. The summed E-state index contributed by atoms with van der Waals surface area (Å²) in [6, 6.07) is 23.4. The van der Waals surface area contributed by atoms with Gasteiger partial charge in [-0.05, 0) is 102 Å². The lowest BCUT2D eigenvalue weighted by atomic mass is 9.99. The highest BCUT2D eigenvalue weighted by molar-refractivity contribution is 9.10. The molecule has 0 atom stereocenters. The van der Waals surface area contributed by atoms with Gasteiger partial charge in [-0.2, -0.15) is 0 Å². The second kappa shape index (κ2) is 18.2. The molecule has 0 radical (unpaired) electrons. The SMILES string of the molecule is CCSC(=N)c1cccc(Cl)c1CCc1cc(Br)ccc1OC.COc1ccc(Br)cc1CCc1c(Cl)cccc1C(N)=S. The first kappa shape index (κ1) is 36.4.